The average Bonchev–Trinajstić information content (AvgIpc) is 2.76. The van der Waals surface area contributed by atoms with Gasteiger partial charge < -0.3 is 10.3 Å². The van der Waals surface area contributed by atoms with Gasteiger partial charge in [-0.15, -0.1) is 11.3 Å². The van der Waals surface area contributed by atoms with E-state index in [0.29, 0.717) is 17.5 Å². The Morgan fingerprint density at radius 1 is 1.50 bits per heavy atom. The first kappa shape index (κ1) is 7.99. The summed E-state index contributed by atoms with van der Waals surface area (Å²) in [5.41, 5.74) is 6.31. The zero-order valence-corrected chi connectivity index (χ0v) is 8.25. The number of hydrogen-bond acceptors (Lipinski definition) is 5. The molecular formula is C9H9N3OS. The summed E-state index contributed by atoms with van der Waals surface area (Å²) < 4.78 is 5.03. The Labute approximate surface area is 84.7 Å². The van der Waals surface area contributed by atoms with Gasteiger partial charge in [0.1, 0.15) is 5.69 Å². The Hall–Kier alpha value is -1.36. The summed E-state index contributed by atoms with van der Waals surface area (Å²) in [7, 11) is 0. The molecule has 1 fully saturated rings. The summed E-state index contributed by atoms with van der Waals surface area (Å²) >= 11 is 1.68. The van der Waals surface area contributed by atoms with Crippen LogP contribution in [0.1, 0.15) is 23.8 Å². The van der Waals surface area contributed by atoms with E-state index in [0.717, 1.165) is 5.69 Å². The number of aromatic nitrogens is 2. The molecule has 0 amide bonds. The molecule has 0 atom stereocenters. The van der Waals surface area contributed by atoms with Crippen LogP contribution in [0.25, 0.3) is 11.5 Å². The molecule has 0 saturated heterocycles. The second kappa shape index (κ2) is 2.81. The highest BCUT2D eigenvalue weighted by atomic mass is 32.1. The van der Waals surface area contributed by atoms with Crippen LogP contribution in [0.4, 0.5) is 5.82 Å². The topological polar surface area (TPSA) is 64.9 Å². The molecule has 0 aromatic carbocycles. The average molecular weight is 207 g/mol. The molecule has 0 unspecified atom stereocenters. The number of nitrogen functional groups attached to an aromatic ring is 1. The summed E-state index contributed by atoms with van der Waals surface area (Å²) in [6.45, 7) is 0. The molecule has 14 heavy (non-hydrogen) atoms. The van der Waals surface area contributed by atoms with Crippen molar-refractivity contribution in [1.82, 2.24) is 10.1 Å². The zero-order valence-electron chi connectivity index (χ0n) is 7.43. The second-order valence-corrected chi connectivity index (χ2v) is 4.35. The predicted molar refractivity (Wildman–Crippen MR) is 54.0 cm³/mol. The quantitative estimate of drug-likeness (QED) is 0.820. The van der Waals surface area contributed by atoms with Crippen molar-refractivity contribution in [2.75, 3.05) is 5.73 Å². The van der Waals surface area contributed by atoms with Crippen LogP contribution in [0.5, 0.6) is 0 Å². The van der Waals surface area contributed by atoms with Crippen LogP contribution in [-0.4, -0.2) is 10.1 Å². The third-order valence-electron chi connectivity index (χ3n) is 2.23. The molecule has 0 aliphatic heterocycles. The number of nitrogens with zero attached hydrogens (tertiary/aromatic N) is 2. The summed E-state index contributed by atoms with van der Waals surface area (Å²) in [4.78, 5) is 4.49. The van der Waals surface area contributed by atoms with Crippen molar-refractivity contribution in [1.29, 1.82) is 0 Å². The summed E-state index contributed by atoms with van der Waals surface area (Å²) in [6, 6.07) is 1.70. The van der Waals surface area contributed by atoms with Gasteiger partial charge in [0, 0.05) is 17.4 Å². The first-order valence-corrected chi connectivity index (χ1v) is 5.39. The SMILES string of the molecule is Nc1cc(-c2csc(C3CC3)n2)on1. The third-order valence-corrected chi connectivity index (χ3v) is 3.24. The fourth-order valence-corrected chi connectivity index (χ4v) is 2.31. The Bertz CT molecular complexity index is 458. The lowest BCUT2D eigenvalue weighted by Gasteiger charge is -1.86. The lowest BCUT2D eigenvalue weighted by Crippen LogP contribution is -1.80. The number of hydrogen-bond donors (Lipinski definition) is 1. The van der Waals surface area contributed by atoms with Crippen molar-refractivity contribution in [3.63, 3.8) is 0 Å². The van der Waals surface area contributed by atoms with Gasteiger partial charge in [0.2, 0.25) is 0 Å². The molecule has 5 heteroatoms. The van der Waals surface area contributed by atoms with Crippen LogP contribution in [-0.2, 0) is 0 Å². The normalized spacial score (nSPS) is 16.0. The van der Waals surface area contributed by atoms with Crippen LogP contribution in [0, 0.1) is 0 Å². The van der Waals surface area contributed by atoms with Gasteiger partial charge in [0.25, 0.3) is 0 Å². The van der Waals surface area contributed by atoms with Gasteiger partial charge >= 0.3 is 0 Å². The van der Waals surface area contributed by atoms with Gasteiger partial charge in [-0.2, -0.15) is 0 Å². The first-order valence-electron chi connectivity index (χ1n) is 4.51. The van der Waals surface area contributed by atoms with Crippen molar-refractivity contribution in [2.45, 2.75) is 18.8 Å². The number of nitrogens with two attached hydrogens (primary N) is 1. The molecule has 0 radical (unpaired) electrons. The number of thiazole rings is 1. The third kappa shape index (κ3) is 1.29. The highest BCUT2D eigenvalue weighted by molar-refractivity contribution is 7.10. The second-order valence-electron chi connectivity index (χ2n) is 3.46. The molecule has 0 bridgehead atoms. The molecule has 3 rings (SSSR count). The van der Waals surface area contributed by atoms with Crippen LogP contribution >= 0.6 is 11.3 Å². The lowest BCUT2D eigenvalue weighted by molar-refractivity contribution is 0.434. The number of anilines is 1. The Morgan fingerprint density at radius 3 is 3.00 bits per heavy atom. The van der Waals surface area contributed by atoms with Gasteiger partial charge in [-0.25, -0.2) is 4.98 Å². The highest BCUT2D eigenvalue weighted by Gasteiger charge is 2.27. The van der Waals surface area contributed by atoms with E-state index < -0.39 is 0 Å². The van der Waals surface area contributed by atoms with Crippen LogP contribution < -0.4 is 5.73 Å². The van der Waals surface area contributed by atoms with Gasteiger partial charge in [0.05, 0.1) is 5.01 Å². The molecule has 1 aliphatic carbocycles. The Morgan fingerprint density at radius 2 is 2.36 bits per heavy atom. The zero-order chi connectivity index (χ0) is 9.54. The Balaban J connectivity index is 1.95. The fourth-order valence-electron chi connectivity index (χ4n) is 1.33. The van der Waals surface area contributed by atoms with Gasteiger partial charge in [-0.1, -0.05) is 5.16 Å². The number of rotatable bonds is 2. The largest absolute Gasteiger partial charge is 0.381 e. The van der Waals surface area contributed by atoms with E-state index in [9.17, 15) is 0 Å². The molecule has 1 aliphatic rings. The molecular weight excluding hydrogens is 198 g/mol. The minimum Gasteiger partial charge on any atom is -0.381 e. The molecule has 2 aromatic heterocycles. The van der Waals surface area contributed by atoms with E-state index in [1.807, 2.05) is 5.38 Å². The monoisotopic (exact) mass is 207 g/mol. The lowest BCUT2D eigenvalue weighted by atomic mass is 10.3. The van der Waals surface area contributed by atoms with Crippen LogP contribution in [0.15, 0.2) is 16.0 Å². The summed E-state index contributed by atoms with van der Waals surface area (Å²) in [6.07, 6.45) is 2.54. The first-order chi connectivity index (χ1) is 6.83. The van der Waals surface area contributed by atoms with E-state index >= 15 is 0 Å². The summed E-state index contributed by atoms with van der Waals surface area (Å²) in [5.74, 6) is 1.75. The van der Waals surface area contributed by atoms with E-state index in [1.54, 1.807) is 17.4 Å². The van der Waals surface area contributed by atoms with E-state index in [2.05, 4.69) is 10.1 Å². The molecule has 1 saturated carbocycles. The van der Waals surface area contributed by atoms with Crippen molar-refractivity contribution in [3.05, 3.63) is 16.5 Å². The van der Waals surface area contributed by atoms with Gasteiger partial charge in [-0.05, 0) is 12.8 Å². The molecule has 2 N–H and O–H groups in total. The maximum Gasteiger partial charge on any atom is 0.188 e. The van der Waals surface area contributed by atoms with Crippen molar-refractivity contribution in [3.8, 4) is 11.5 Å². The molecule has 72 valence electrons. The van der Waals surface area contributed by atoms with E-state index in [1.165, 1.54) is 17.8 Å². The molecule has 0 spiro atoms. The van der Waals surface area contributed by atoms with Crippen molar-refractivity contribution >= 4 is 17.2 Å². The van der Waals surface area contributed by atoms with Crippen molar-refractivity contribution < 1.29 is 4.52 Å². The minimum absolute atomic E-state index is 0.404. The summed E-state index contributed by atoms with van der Waals surface area (Å²) in [5, 5.41) is 6.83. The fraction of sp³-hybridized carbons (Fsp3) is 0.333. The van der Waals surface area contributed by atoms with Crippen molar-refractivity contribution in [2.24, 2.45) is 0 Å². The van der Waals surface area contributed by atoms with E-state index in [4.69, 9.17) is 10.3 Å². The van der Waals surface area contributed by atoms with E-state index in [-0.39, 0.29) is 0 Å². The molecule has 2 heterocycles. The predicted octanol–water partition coefficient (Wildman–Crippen LogP) is 2.26. The minimum atomic E-state index is 0.404. The maximum atomic E-state index is 5.47. The maximum absolute atomic E-state index is 5.47. The molecule has 4 nitrogen and oxygen atoms in total. The van der Waals surface area contributed by atoms with Crippen LogP contribution in [0.2, 0.25) is 0 Å². The smallest absolute Gasteiger partial charge is 0.188 e. The van der Waals surface area contributed by atoms with Gasteiger partial charge in [-0.3, -0.25) is 0 Å². The van der Waals surface area contributed by atoms with Gasteiger partial charge in [0.15, 0.2) is 11.6 Å². The highest BCUT2D eigenvalue weighted by Crippen LogP contribution is 2.42. The van der Waals surface area contributed by atoms with Crippen LogP contribution in [0.3, 0.4) is 0 Å². The molecule has 2 aromatic rings. The Kier molecular flexibility index (Phi) is 1.61. The standard InChI is InChI=1S/C9H9N3OS/c10-8-3-7(13-12-8)6-4-14-9(11-6)5-1-2-5/h3-5H,1-2H2,(H2,10,12).